The van der Waals surface area contributed by atoms with E-state index in [1.807, 2.05) is 12.1 Å². The maximum Gasteiger partial charge on any atom is 0.123 e. The predicted octanol–water partition coefficient (Wildman–Crippen LogP) is 2.51. The molecule has 2 saturated heterocycles. The molecule has 4 heteroatoms. The standard InChI is InChI=1S/C17H26N2O2/c1-19-14-4-3-5-15(19)9-13(8-14)18-11-12-6-7-16(21-2)10-17(12)20/h6-7,10,13-15,18,20H,3-5,8-9,11H2,1-2H3. The van der Waals surface area contributed by atoms with E-state index in [0.29, 0.717) is 17.5 Å². The Bertz CT molecular complexity index is 478. The Balaban J connectivity index is 1.58. The molecular weight excluding hydrogens is 264 g/mol. The second-order valence-electron chi connectivity index (χ2n) is 6.45. The van der Waals surface area contributed by atoms with Crippen LogP contribution in [0, 0.1) is 0 Å². The fourth-order valence-corrected chi connectivity index (χ4v) is 3.86. The lowest BCUT2D eigenvalue weighted by molar-refractivity contribution is 0.0482. The van der Waals surface area contributed by atoms with Crippen molar-refractivity contribution in [1.29, 1.82) is 0 Å². The SMILES string of the molecule is COc1ccc(CNC2CC3CCCC(C2)N3C)c(O)c1. The van der Waals surface area contributed by atoms with Crippen LogP contribution in [0.25, 0.3) is 0 Å². The Morgan fingerprint density at radius 2 is 2.00 bits per heavy atom. The van der Waals surface area contributed by atoms with Gasteiger partial charge >= 0.3 is 0 Å². The summed E-state index contributed by atoms with van der Waals surface area (Å²) in [5.74, 6) is 1.01. The molecule has 2 aliphatic rings. The maximum absolute atomic E-state index is 10.0. The van der Waals surface area contributed by atoms with E-state index in [1.54, 1.807) is 13.2 Å². The summed E-state index contributed by atoms with van der Waals surface area (Å²) in [6, 6.07) is 7.56. The number of phenolic OH excluding ortho intramolecular Hbond substituents is 1. The molecule has 0 amide bonds. The largest absolute Gasteiger partial charge is 0.507 e. The number of phenols is 1. The van der Waals surface area contributed by atoms with Crippen LogP contribution in [0.1, 0.15) is 37.7 Å². The molecular formula is C17H26N2O2. The Labute approximate surface area is 127 Å². The molecule has 2 aliphatic heterocycles. The summed E-state index contributed by atoms with van der Waals surface area (Å²) in [5.41, 5.74) is 0.944. The van der Waals surface area contributed by atoms with Crippen LogP contribution in [0.15, 0.2) is 18.2 Å². The summed E-state index contributed by atoms with van der Waals surface area (Å²) in [7, 11) is 3.89. The minimum Gasteiger partial charge on any atom is -0.507 e. The lowest BCUT2D eigenvalue weighted by atomic mass is 9.82. The highest BCUT2D eigenvalue weighted by Gasteiger charge is 2.35. The molecule has 0 aliphatic carbocycles. The fraction of sp³-hybridized carbons (Fsp3) is 0.647. The van der Waals surface area contributed by atoms with Crippen molar-refractivity contribution in [3.05, 3.63) is 23.8 Å². The lowest BCUT2D eigenvalue weighted by Gasteiger charge is -2.47. The first kappa shape index (κ1) is 14.7. The zero-order valence-corrected chi connectivity index (χ0v) is 13.0. The van der Waals surface area contributed by atoms with Gasteiger partial charge in [0.2, 0.25) is 0 Å². The molecule has 0 aromatic heterocycles. The van der Waals surface area contributed by atoms with E-state index in [4.69, 9.17) is 4.74 Å². The molecule has 4 nitrogen and oxygen atoms in total. The molecule has 1 aromatic carbocycles. The first-order valence-corrected chi connectivity index (χ1v) is 7.98. The molecule has 2 fully saturated rings. The minimum atomic E-state index is 0.315. The van der Waals surface area contributed by atoms with Gasteiger partial charge in [0.25, 0.3) is 0 Å². The Kier molecular flexibility index (Phi) is 4.36. The molecule has 2 atom stereocenters. The van der Waals surface area contributed by atoms with Gasteiger partial charge in [0, 0.05) is 36.3 Å². The van der Waals surface area contributed by atoms with Crippen LogP contribution in [0.4, 0.5) is 0 Å². The third-order valence-corrected chi connectivity index (χ3v) is 5.21. The normalized spacial score (nSPS) is 29.3. The van der Waals surface area contributed by atoms with Crippen LogP contribution in [-0.2, 0) is 6.54 Å². The third kappa shape index (κ3) is 3.16. The number of benzene rings is 1. The van der Waals surface area contributed by atoms with E-state index in [2.05, 4.69) is 17.3 Å². The molecule has 21 heavy (non-hydrogen) atoms. The van der Waals surface area contributed by atoms with Gasteiger partial charge in [-0.05, 0) is 38.8 Å². The summed E-state index contributed by atoms with van der Waals surface area (Å²) in [4.78, 5) is 2.58. The van der Waals surface area contributed by atoms with E-state index in [0.717, 1.165) is 24.2 Å². The van der Waals surface area contributed by atoms with Crippen LogP contribution in [-0.4, -0.2) is 42.3 Å². The van der Waals surface area contributed by atoms with Gasteiger partial charge in [-0.2, -0.15) is 0 Å². The Morgan fingerprint density at radius 1 is 1.29 bits per heavy atom. The molecule has 3 rings (SSSR count). The average Bonchev–Trinajstić information content (AvgIpc) is 2.46. The molecule has 0 spiro atoms. The van der Waals surface area contributed by atoms with E-state index in [1.165, 1.54) is 32.1 Å². The topological polar surface area (TPSA) is 44.7 Å². The first-order valence-electron chi connectivity index (χ1n) is 7.98. The van der Waals surface area contributed by atoms with Gasteiger partial charge in [-0.3, -0.25) is 0 Å². The van der Waals surface area contributed by atoms with E-state index < -0.39 is 0 Å². The van der Waals surface area contributed by atoms with Crippen molar-refractivity contribution in [2.24, 2.45) is 0 Å². The Morgan fingerprint density at radius 3 is 2.62 bits per heavy atom. The van der Waals surface area contributed by atoms with Gasteiger partial charge in [-0.25, -0.2) is 0 Å². The van der Waals surface area contributed by atoms with Crippen molar-refractivity contribution in [1.82, 2.24) is 10.2 Å². The number of piperidine rings is 2. The quantitative estimate of drug-likeness (QED) is 0.894. The van der Waals surface area contributed by atoms with Gasteiger partial charge in [0.05, 0.1) is 7.11 Å². The van der Waals surface area contributed by atoms with Gasteiger partial charge in [-0.15, -0.1) is 0 Å². The summed E-state index contributed by atoms with van der Waals surface area (Å²) < 4.78 is 5.12. The summed E-state index contributed by atoms with van der Waals surface area (Å²) in [6.45, 7) is 0.726. The van der Waals surface area contributed by atoms with Gasteiger partial charge in [0.15, 0.2) is 0 Å². The van der Waals surface area contributed by atoms with Crippen molar-refractivity contribution >= 4 is 0 Å². The molecule has 2 bridgehead atoms. The molecule has 2 unspecified atom stereocenters. The number of hydrogen-bond acceptors (Lipinski definition) is 4. The smallest absolute Gasteiger partial charge is 0.123 e. The molecule has 116 valence electrons. The number of nitrogens with one attached hydrogen (secondary N) is 1. The van der Waals surface area contributed by atoms with Crippen molar-refractivity contribution in [3.8, 4) is 11.5 Å². The van der Waals surface area contributed by atoms with Crippen molar-refractivity contribution in [2.75, 3.05) is 14.2 Å². The highest BCUT2D eigenvalue weighted by Crippen LogP contribution is 2.33. The van der Waals surface area contributed by atoms with Crippen LogP contribution < -0.4 is 10.1 Å². The number of rotatable bonds is 4. The Hall–Kier alpha value is -1.26. The zero-order chi connectivity index (χ0) is 14.8. The van der Waals surface area contributed by atoms with Crippen molar-refractivity contribution < 1.29 is 9.84 Å². The monoisotopic (exact) mass is 290 g/mol. The molecule has 1 aromatic rings. The number of hydrogen-bond donors (Lipinski definition) is 2. The van der Waals surface area contributed by atoms with E-state index in [-0.39, 0.29) is 0 Å². The van der Waals surface area contributed by atoms with Gasteiger partial charge < -0.3 is 20.1 Å². The summed E-state index contributed by atoms with van der Waals surface area (Å²) in [6.07, 6.45) is 6.50. The maximum atomic E-state index is 10.0. The molecule has 0 saturated carbocycles. The molecule has 0 radical (unpaired) electrons. The van der Waals surface area contributed by atoms with Crippen molar-refractivity contribution in [3.63, 3.8) is 0 Å². The number of nitrogens with zero attached hydrogens (tertiary/aromatic N) is 1. The van der Waals surface area contributed by atoms with Crippen LogP contribution in [0.3, 0.4) is 0 Å². The second kappa shape index (κ2) is 6.24. The van der Waals surface area contributed by atoms with Crippen LogP contribution in [0.2, 0.25) is 0 Å². The third-order valence-electron chi connectivity index (χ3n) is 5.21. The summed E-state index contributed by atoms with van der Waals surface area (Å²) in [5, 5.41) is 13.7. The fourth-order valence-electron chi connectivity index (χ4n) is 3.86. The lowest BCUT2D eigenvalue weighted by Crippen LogP contribution is -2.54. The van der Waals surface area contributed by atoms with Crippen LogP contribution in [0.5, 0.6) is 11.5 Å². The van der Waals surface area contributed by atoms with E-state index in [9.17, 15) is 5.11 Å². The van der Waals surface area contributed by atoms with E-state index >= 15 is 0 Å². The summed E-state index contributed by atoms with van der Waals surface area (Å²) >= 11 is 0. The number of methoxy groups -OCH3 is 1. The number of ether oxygens (including phenoxy) is 1. The minimum absolute atomic E-state index is 0.315. The predicted molar refractivity (Wildman–Crippen MR) is 83.7 cm³/mol. The number of aromatic hydroxyl groups is 1. The molecule has 2 heterocycles. The van der Waals surface area contributed by atoms with Gasteiger partial charge in [-0.1, -0.05) is 12.5 Å². The van der Waals surface area contributed by atoms with Crippen LogP contribution >= 0.6 is 0 Å². The highest BCUT2D eigenvalue weighted by molar-refractivity contribution is 5.39. The average molecular weight is 290 g/mol. The second-order valence-corrected chi connectivity index (χ2v) is 6.45. The number of fused-ring (bicyclic) bond motifs is 2. The highest BCUT2D eigenvalue weighted by atomic mass is 16.5. The zero-order valence-electron chi connectivity index (χ0n) is 13.0. The molecule has 2 N–H and O–H groups in total. The van der Waals surface area contributed by atoms with Crippen molar-refractivity contribution in [2.45, 2.75) is 56.8 Å². The van der Waals surface area contributed by atoms with Gasteiger partial charge in [0.1, 0.15) is 11.5 Å². The first-order chi connectivity index (χ1) is 10.2.